The number of nitriles is 1. The van der Waals surface area contributed by atoms with Gasteiger partial charge in [-0.1, -0.05) is 12.1 Å². The number of hydrogen-bond donors (Lipinski definition) is 1. The van der Waals surface area contributed by atoms with Crippen LogP contribution >= 0.6 is 0 Å². The second-order valence-electron chi connectivity index (χ2n) is 5.85. The van der Waals surface area contributed by atoms with E-state index in [9.17, 15) is 10.1 Å². The lowest BCUT2D eigenvalue weighted by atomic mass is 9.84. The first-order chi connectivity index (χ1) is 12.0. The van der Waals surface area contributed by atoms with Crippen LogP contribution in [0.2, 0.25) is 0 Å². The molecule has 1 aliphatic rings. The maximum absolute atomic E-state index is 12.8. The number of allylic oxidation sites excluding steroid dienone is 1. The van der Waals surface area contributed by atoms with Gasteiger partial charge in [0.25, 0.3) is 5.56 Å². The highest BCUT2D eigenvalue weighted by atomic mass is 16.5. The molecule has 6 heteroatoms. The summed E-state index contributed by atoms with van der Waals surface area (Å²) in [6.07, 6.45) is 0. The summed E-state index contributed by atoms with van der Waals surface area (Å²) in [4.78, 5) is 12.8. The van der Waals surface area contributed by atoms with Crippen molar-refractivity contribution >= 4 is 0 Å². The second-order valence-corrected chi connectivity index (χ2v) is 5.85. The number of rotatable bonds is 3. The average Bonchev–Trinajstić information content (AvgIpc) is 2.60. The van der Waals surface area contributed by atoms with E-state index in [1.165, 1.54) is 0 Å². The molecule has 1 aromatic carbocycles. The summed E-state index contributed by atoms with van der Waals surface area (Å²) in [6.45, 7) is 4.29. The molecule has 0 fully saturated rings. The van der Waals surface area contributed by atoms with Gasteiger partial charge in [0.15, 0.2) is 0 Å². The lowest BCUT2D eigenvalue weighted by molar-refractivity contribution is 0.340. The van der Waals surface area contributed by atoms with E-state index in [1.54, 1.807) is 17.7 Å². The molecule has 1 aromatic heterocycles. The van der Waals surface area contributed by atoms with Crippen molar-refractivity contribution in [3.8, 4) is 17.6 Å². The van der Waals surface area contributed by atoms with E-state index in [4.69, 9.17) is 15.2 Å². The van der Waals surface area contributed by atoms with Crippen molar-refractivity contribution in [2.45, 2.75) is 19.8 Å². The van der Waals surface area contributed by atoms with Crippen LogP contribution in [0.25, 0.3) is 0 Å². The maximum Gasteiger partial charge on any atom is 0.258 e. The Kier molecular flexibility index (Phi) is 4.24. The first kappa shape index (κ1) is 16.7. The van der Waals surface area contributed by atoms with Gasteiger partial charge in [-0.2, -0.15) is 5.26 Å². The van der Waals surface area contributed by atoms with Crippen LogP contribution in [0.15, 0.2) is 46.6 Å². The predicted octanol–water partition coefficient (Wildman–Crippen LogP) is 2.31. The average molecular weight is 337 g/mol. The molecule has 1 atom stereocenters. The molecule has 0 saturated carbocycles. The lowest BCUT2D eigenvalue weighted by Gasteiger charge is -2.26. The van der Waals surface area contributed by atoms with E-state index in [-0.39, 0.29) is 17.0 Å². The highest BCUT2D eigenvalue weighted by Gasteiger charge is 2.33. The van der Waals surface area contributed by atoms with Crippen molar-refractivity contribution in [2.75, 3.05) is 6.61 Å². The van der Waals surface area contributed by atoms with Crippen molar-refractivity contribution in [1.29, 1.82) is 5.26 Å². The third-order valence-electron chi connectivity index (χ3n) is 4.38. The first-order valence-corrected chi connectivity index (χ1v) is 7.98. The summed E-state index contributed by atoms with van der Waals surface area (Å²) in [5.41, 5.74) is 7.94. The SMILES string of the molecule is CCOc1ccc([C@H]2C(C#N)=C(N)Oc3cc(C)n(C)c(=O)c32)cc1. The van der Waals surface area contributed by atoms with Gasteiger partial charge in [0, 0.05) is 18.8 Å². The fraction of sp³-hybridized carbons (Fsp3) is 0.263. The fourth-order valence-electron chi connectivity index (χ4n) is 3.00. The van der Waals surface area contributed by atoms with Crippen molar-refractivity contribution < 1.29 is 9.47 Å². The van der Waals surface area contributed by atoms with Crippen LogP contribution in [-0.4, -0.2) is 11.2 Å². The quantitative estimate of drug-likeness (QED) is 0.928. The van der Waals surface area contributed by atoms with Gasteiger partial charge in [-0.3, -0.25) is 4.79 Å². The molecule has 0 bridgehead atoms. The molecule has 0 aliphatic carbocycles. The summed E-state index contributed by atoms with van der Waals surface area (Å²) >= 11 is 0. The zero-order valence-corrected chi connectivity index (χ0v) is 14.4. The van der Waals surface area contributed by atoms with Gasteiger partial charge in [-0.05, 0) is 31.5 Å². The first-order valence-electron chi connectivity index (χ1n) is 7.98. The molecule has 2 aromatic rings. The van der Waals surface area contributed by atoms with Crippen LogP contribution in [0.3, 0.4) is 0 Å². The van der Waals surface area contributed by atoms with Crippen molar-refractivity contribution in [3.63, 3.8) is 0 Å². The van der Waals surface area contributed by atoms with Gasteiger partial charge in [-0.15, -0.1) is 0 Å². The number of hydrogen-bond acceptors (Lipinski definition) is 5. The zero-order valence-electron chi connectivity index (χ0n) is 14.4. The van der Waals surface area contributed by atoms with E-state index in [0.29, 0.717) is 17.9 Å². The van der Waals surface area contributed by atoms with Gasteiger partial charge >= 0.3 is 0 Å². The van der Waals surface area contributed by atoms with Crippen LogP contribution in [0.5, 0.6) is 11.5 Å². The van der Waals surface area contributed by atoms with Gasteiger partial charge in [-0.25, -0.2) is 0 Å². The Balaban J connectivity index is 2.22. The number of nitrogens with zero attached hydrogens (tertiary/aromatic N) is 2. The van der Waals surface area contributed by atoms with Crippen LogP contribution in [0.4, 0.5) is 0 Å². The Morgan fingerprint density at radius 3 is 2.64 bits per heavy atom. The number of benzene rings is 1. The number of aromatic nitrogens is 1. The molecule has 0 saturated heterocycles. The molecule has 25 heavy (non-hydrogen) atoms. The van der Waals surface area contributed by atoms with E-state index >= 15 is 0 Å². The Labute approximate surface area is 145 Å². The standard InChI is InChI=1S/C19H19N3O3/c1-4-24-13-7-5-12(6-8-13)16-14(10-20)18(21)25-15-9-11(2)22(3)19(23)17(15)16/h5-9,16H,4,21H2,1-3H3/t16-/m0/s1. The monoisotopic (exact) mass is 337 g/mol. The van der Waals surface area contributed by atoms with Crippen LogP contribution < -0.4 is 20.8 Å². The molecule has 0 amide bonds. The van der Waals surface area contributed by atoms with E-state index in [0.717, 1.165) is 17.0 Å². The fourth-order valence-corrected chi connectivity index (χ4v) is 3.00. The highest BCUT2D eigenvalue weighted by Crippen LogP contribution is 2.40. The number of nitrogens with two attached hydrogens (primary N) is 1. The molecule has 128 valence electrons. The molecule has 1 aliphatic heterocycles. The van der Waals surface area contributed by atoms with Gasteiger partial charge in [0.2, 0.25) is 5.88 Å². The van der Waals surface area contributed by atoms with Crippen LogP contribution in [-0.2, 0) is 7.05 Å². The predicted molar refractivity (Wildman–Crippen MR) is 93.3 cm³/mol. The molecule has 2 heterocycles. The summed E-state index contributed by atoms with van der Waals surface area (Å²) in [7, 11) is 1.70. The van der Waals surface area contributed by atoms with Gasteiger partial charge in [0.1, 0.15) is 23.1 Å². The van der Waals surface area contributed by atoms with Crippen molar-refractivity contribution in [3.05, 3.63) is 69.0 Å². The van der Waals surface area contributed by atoms with E-state index in [1.807, 2.05) is 38.1 Å². The summed E-state index contributed by atoms with van der Waals surface area (Å²) < 4.78 is 12.6. The van der Waals surface area contributed by atoms with Crippen molar-refractivity contribution in [2.24, 2.45) is 12.8 Å². The van der Waals surface area contributed by atoms with Gasteiger partial charge < -0.3 is 19.8 Å². The molecular weight excluding hydrogens is 318 g/mol. The minimum absolute atomic E-state index is 0.0292. The zero-order chi connectivity index (χ0) is 18.1. The molecular formula is C19H19N3O3. The molecule has 6 nitrogen and oxygen atoms in total. The topological polar surface area (TPSA) is 90.3 Å². The summed E-state index contributed by atoms with van der Waals surface area (Å²) in [5, 5.41) is 9.57. The summed E-state index contributed by atoms with van der Waals surface area (Å²) in [5.74, 6) is 0.590. The Morgan fingerprint density at radius 2 is 2.04 bits per heavy atom. The molecule has 3 rings (SSSR count). The Bertz CT molecular complexity index is 950. The highest BCUT2D eigenvalue weighted by molar-refractivity contribution is 5.55. The number of ether oxygens (including phenoxy) is 2. The molecule has 0 radical (unpaired) electrons. The second kappa shape index (κ2) is 6.36. The summed E-state index contributed by atoms with van der Waals surface area (Å²) in [6, 6.07) is 11.2. The largest absolute Gasteiger partial charge is 0.494 e. The third kappa shape index (κ3) is 2.74. The van der Waals surface area contributed by atoms with Crippen LogP contribution in [0, 0.1) is 18.3 Å². The van der Waals surface area contributed by atoms with E-state index < -0.39 is 5.92 Å². The van der Waals surface area contributed by atoms with Gasteiger partial charge in [0.05, 0.1) is 18.1 Å². The number of fused-ring (bicyclic) bond motifs is 1. The van der Waals surface area contributed by atoms with E-state index in [2.05, 4.69) is 6.07 Å². The third-order valence-corrected chi connectivity index (χ3v) is 4.38. The normalized spacial score (nSPS) is 16.0. The Morgan fingerprint density at radius 1 is 1.36 bits per heavy atom. The molecule has 0 unspecified atom stereocenters. The molecule has 2 N–H and O–H groups in total. The molecule has 0 spiro atoms. The minimum Gasteiger partial charge on any atom is -0.494 e. The van der Waals surface area contributed by atoms with Crippen LogP contribution in [0.1, 0.15) is 29.7 Å². The van der Waals surface area contributed by atoms with Crippen molar-refractivity contribution in [1.82, 2.24) is 4.57 Å². The Hall–Kier alpha value is -3.20. The smallest absolute Gasteiger partial charge is 0.258 e. The number of pyridine rings is 1. The minimum atomic E-state index is -0.566. The number of aryl methyl sites for hydroxylation is 1. The lowest BCUT2D eigenvalue weighted by Crippen LogP contribution is -2.31. The maximum atomic E-state index is 12.8.